The van der Waals surface area contributed by atoms with E-state index in [1.54, 1.807) is 6.07 Å². The highest BCUT2D eigenvalue weighted by molar-refractivity contribution is 5.97. The molecule has 344 valence electrons. The van der Waals surface area contributed by atoms with Gasteiger partial charge in [0.2, 0.25) is 0 Å². The topological polar surface area (TPSA) is 50.9 Å². The van der Waals surface area contributed by atoms with Gasteiger partial charge in [0, 0.05) is 27.0 Å². The van der Waals surface area contributed by atoms with E-state index in [4.69, 9.17) is 14.1 Å². The third-order valence-electron chi connectivity index (χ3n) is 13.2. The molecule has 4 heteroatoms. The van der Waals surface area contributed by atoms with E-state index in [1.807, 2.05) is 71.4 Å². The molecular weight excluding hydrogens is 815 g/mol. The quantitative estimate of drug-likeness (QED) is 0.181. The third-order valence-corrected chi connectivity index (χ3v) is 13.2. The molecule has 0 spiro atoms. The predicted molar refractivity (Wildman–Crippen MR) is 286 cm³/mol. The summed E-state index contributed by atoms with van der Waals surface area (Å²) in [6.45, 7) is 30.6. The molecule has 0 atom stereocenters. The van der Waals surface area contributed by atoms with Crippen molar-refractivity contribution in [2.24, 2.45) is 0 Å². The lowest BCUT2D eigenvalue weighted by Gasteiger charge is -2.27. The fourth-order valence-electron chi connectivity index (χ4n) is 8.90. The Morgan fingerprint density at radius 1 is 0.463 bits per heavy atom. The number of hydrogen-bond acceptors (Lipinski definition) is 3. The Morgan fingerprint density at radius 2 is 1.04 bits per heavy atom. The maximum atomic E-state index is 12.5. The standard InChI is InChI=1S/C63H71N3O/c1-39-29-41(40-21-18-17-19-22-40)25-26-54(39)66-55-24-20-23-50(56(55)65-58(66)51-37-49(62(11,12)13)38-52(57(51)67)63(14,15)16)44-30-45(34-46(33-44)59(2,3)4)53-35-42(27-28-64-53)43-31-47(60(5,6)7)36-48(32-43)61(8,9)10/h17-38,67H,1-16H3/i1D3. The van der Waals surface area contributed by atoms with E-state index in [9.17, 15) is 5.11 Å². The van der Waals surface area contributed by atoms with Crippen LogP contribution in [0.25, 0.3) is 72.7 Å². The monoisotopic (exact) mass is 889 g/mol. The highest BCUT2D eigenvalue weighted by atomic mass is 16.3. The number of hydrogen-bond donors (Lipinski definition) is 1. The van der Waals surface area contributed by atoms with Crippen LogP contribution in [-0.2, 0) is 27.1 Å². The van der Waals surface area contributed by atoms with E-state index >= 15 is 0 Å². The molecule has 2 aromatic heterocycles. The summed E-state index contributed by atoms with van der Waals surface area (Å²) in [6.07, 6.45) is 1.92. The van der Waals surface area contributed by atoms with E-state index in [1.165, 1.54) is 11.1 Å². The molecule has 0 aliphatic heterocycles. The minimum atomic E-state index is -2.49. The Hall–Kier alpha value is -6.26. The van der Waals surface area contributed by atoms with Crippen molar-refractivity contribution in [3.05, 3.63) is 167 Å². The first-order valence-electron chi connectivity index (χ1n) is 25.3. The molecule has 8 aromatic rings. The molecule has 0 fully saturated rings. The van der Waals surface area contributed by atoms with Gasteiger partial charge < -0.3 is 5.11 Å². The fraction of sp³-hybridized carbons (Fsp3) is 0.333. The van der Waals surface area contributed by atoms with Gasteiger partial charge in [-0.3, -0.25) is 9.55 Å². The van der Waals surface area contributed by atoms with Crippen molar-refractivity contribution in [3.63, 3.8) is 0 Å². The van der Waals surface area contributed by atoms with Crippen molar-refractivity contribution in [2.75, 3.05) is 0 Å². The lowest BCUT2D eigenvalue weighted by molar-refractivity contribution is 0.446. The SMILES string of the molecule is [2H]C([2H])([2H])c1cc(-c2ccccc2)ccc1-n1c(-c2cc(C(C)(C)C)cc(C(C)(C)C)c2O)nc2c(-c3cc(-c4cc(-c5cc(C(C)(C)C)cc(C(C)(C)C)c5)ccn4)cc(C(C)(C)C)c3)cccc21. The number of benzene rings is 6. The van der Waals surface area contributed by atoms with Crippen molar-refractivity contribution >= 4 is 11.0 Å². The van der Waals surface area contributed by atoms with Crippen LogP contribution in [0.2, 0.25) is 0 Å². The second-order valence-corrected chi connectivity index (χ2v) is 23.7. The van der Waals surface area contributed by atoms with Gasteiger partial charge in [-0.15, -0.1) is 0 Å². The summed E-state index contributed by atoms with van der Waals surface area (Å²) in [4.78, 5) is 10.6. The van der Waals surface area contributed by atoms with Gasteiger partial charge >= 0.3 is 0 Å². The molecule has 6 aromatic carbocycles. The van der Waals surface area contributed by atoms with E-state index in [0.29, 0.717) is 22.6 Å². The molecule has 4 nitrogen and oxygen atoms in total. The van der Waals surface area contributed by atoms with Crippen molar-refractivity contribution in [1.29, 1.82) is 0 Å². The van der Waals surface area contributed by atoms with Crippen LogP contribution in [-0.4, -0.2) is 19.6 Å². The average molecular weight is 889 g/mol. The number of rotatable bonds is 6. The number of aromatic hydroxyl groups is 1. The summed E-state index contributed by atoms with van der Waals surface area (Å²) in [5.41, 5.74) is 14.9. The number of phenols is 1. The van der Waals surface area contributed by atoms with Gasteiger partial charge in [0.25, 0.3) is 0 Å². The minimum Gasteiger partial charge on any atom is -0.507 e. The molecule has 0 aliphatic carbocycles. The Labute approximate surface area is 405 Å². The zero-order valence-electron chi connectivity index (χ0n) is 45.5. The first-order chi connectivity index (χ1) is 32.4. The number of imidazole rings is 1. The molecule has 2 heterocycles. The van der Waals surface area contributed by atoms with Crippen LogP contribution in [0.15, 0.2) is 134 Å². The fourth-order valence-corrected chi connectivity index (χ4v) is 8.90. The maximum absolute atomic E-state index is 12.5. The van der Waals surface area contributed by atoms with Gasteiger partial charge in [-0.25, -0.2) is 4.98 Å². The van der Waals surface area contributed by atoms with Gasteiger partial charge in [-0.1, -0.05) is 183 Å². The molecule has 0 unspecified atom stereocenters. The number of para-hydroxylation sites is 1. The van der Waals surface area contributed by atoms with Crippen molar-refractivity contribution in [2.45, 2.75) is 138 Å². The summed E-state index contributed by atoms with van der Waals surface area (Å²) >= 11 is 0. The van der Waals surface area contributed by atoms with Crippen LogP contribution in [0.4, 0.5) is 0 Å². The highest BCUT2D eigenvalue weighted by Gasteiger charge is 2.30. The summed E-state index contributed by atoms with van der Waals surface area (Å²) in [5.74, 6) is 0.587. The minimum absolute atomic E-state index is 0.0291. The number of nitrogens with zero attached hydrogens (tertiary/aromatic N) is 3. The van der Waals surface area contributed by atoms with Crippen LogP contribution in [0.1, 0.15) is 141 Å². The Bertz CT molecular complexity index is 3230. The molecular formula is C63H71N3O. The van der Waals surface area contributed by atoms with Gasteiger partial charge in [-0.05, 0) is 138 Å². The summed E-state index contributed by atoms with van der Waals surface area (Å²) in [5, 5.41) is 12.5. The molecule has 8 rings (SSSR count). The third kappa shape index (κ3) is 9.51. The Balaban J connectivity index is 1.42. The summed E-state index contributed by atoms with van der Waals surface area (Å²) < 4.78 is 28.9. The average Bonchev–Trinajstić information content (AvgIpc) is 3.66. The predicted octanol–water partition coefficient (Wildman–Crippen LogP) is 17.3. The van der Waals surface area contributed by atoms with Crippen LogP contribution < -0.4 is 0 Å². The lowest BCUT2D eigenvalue weighted by atomic mass is 9.79. The summed E-state index contributed by atoms with van der Waals surface area (Å²) in [6, 6.07) is 43.8. The van der Waals surface area contributed by atoms with Crippen molar-refractivity contribution in [1.82, 2.24) is 14.5 Å². The molecule has 0 radical (unpaired) electrons. The van der Waals surface area contributed by atoms with E-state index in [0.717, 1.165) is 66.8 Å². The number of aromatic nitrogens is 3. The first kappa shape index (κ1) is 43.3. The normalized spacial score (nSPS) is 13.7. The van der Waals surface area contributed by atoms with Crippen LogP contribution >= 0.6 is 0 Å². The van der Waals surface area contributed by atoms with Crippen LogP contribution in [0, 0.1) is 6.85 Å². The largest absolute Gasteiger partial charge is 0.507 e. The zero-order chi connectivity index (χ0) is 51.1. The van der Waals surface area contributed by atoms with Crippen molar-refractivity contribution < 1.29 is 9.22 Å². The molecule has 0 bridgehead atoms. The number of pyridine rings is 1. The number of fused-ring (bicyclic) bond motifs is 1. The van der Waals surface area contributed by atoms with Crippen molar-refractivity contribution in [3.8, 4) is 67.5 Å². The molecule has 67 heavy (non-hydrogen) atoms. The zero-order valence-corrected chi connectivity index (χ0v) is 42.5. The van der Waals surface area contributed by atoms with E-state index in [-0.39, 0.29) is 33.0 Å². The number of phenolic OH excluding ortho intramolecular Hbond substituents is 1. The molecule has 0 amide bonds. The van der Waals surface area contributed by atoms with E-state index in [2.05, 4.69) is 165 Å². The smallest absolute Gasteiger partial charge is 0.149 e. The molecule has 0 saturated carbocycles. The Morgan fingerprint density at radius 3 is 1.66 bits per heavy atom. The van der Waals surface area contributed by atoms with Crippen LogP contribution in [0.5, 0.6) is 5.75 Å². The second-order valence-electron chi connectivity index (χ2n) is 23.7. The molecule has 1 N–H and O–H groups in total. The summed E-state index contributed by atoms with van der Waals surface area (Å²) in [7, 11) is 0. The van der Waals surface area contributed by atoms with Gasteiger partial charge in [0.1, 0.15) is 11.6 Å². The van der Waals surface area contributed by atoms with Gasteiger partial charge in [0.05, 0.1) is 28.0 Å². The maximum Gasteiger partial charge on any atom is 0.149 e. The Kier molecular flexibility index (Phi) is 10.9. The van der Waals surface area contributed by atoms with Gasteiger partial charge in [-0.2, -0.15) is 0 Å². The van der Waals surface area contributed by atoms with E-state index < -0.39 is 12.3 Å². The highest BCUT2D eigenvalue weighted by Crippen LogP contribution is 2.46. The van der Waals surface area contributed by atoms with Gasteiger partial charge in [0.15, 0.2) is 0 Å². The second kappa shape index (κ2) is 16.8. The van der Waals surface area contributed by atoms with Crippen LogP contribution in [0.3, 0.4) is 0 Å². The molecule has 0 saturated heterocycles. The molecule has 0 aliphatic rings. The number of aryl methyl sites for hydroxylation is 1. The lowest BCUT2D eigenvalue weighted by Crippen LogP contribution is -2.17. The first-order valence-corrected chi connectivity index (χ1v) is 23.8.